The molecule has 5 nitrogen and oxygen atoms in total. The molecule has 27 heavy (non-hydrogen) atoms. The van der Waals surface area contributed by atoms with Crippen LogP contribution in [0.4, 0.5) is 0 Å². The van der Waals surface area contributed by atoms with Gasteiger partial charge in [-0.05, 0) is 48.5 Å². The maximum absolute atomic E-state index is 12.4. The number of nitrogens with zero attached hydrogens (tertiary/aromatic N) is 3. The van der Waals surface area contributed by atoms with Gasteiger partial charge < -0.3 is 9.88 Å². The average Bonchev–Trinajstić information content (AvgIpc) is 3.26. The van der Waals surface area contributed by atoms with Gasteiger partial charge in [0.2, 0.25) is 0 Å². The maximum atomic E-state index is 12.4. The van der Waals surface area contributed by atoms with E-state index in [4.69, 9.17) is 0 Å². The summed E-state index contributed by atoms with van der Waals surface area (Å²) in [6.07, 6.45) is 5.34. The maximum Gasteiger partial charge on any atom is 0.251 e. The van der Waals surface area contributed by atoms with Crippen LogP contribution in [0, 0.1) is 0 Å². The van der Waals surface area contributed by atoms with Crippen molar-refractivity contribution >= 4 is 5.91 Å². The molecule has 3 aromatic rings. The van der Waals surface area contributed by atoms with E-state index >= 15 is 0 Å². The van der Waals surface area contributed by atoms with E-state index in [1.165, 1.54) is 5.56 Å². The molecule has 0 atom stereocenters. The minimum Gasteiger partial charge on any atom is -0.348 e. The summed E-state index contributed by atoms with van der Waals surface area (Å²) in [6.45, 7) is 7.93. The fourth-order valence-electron chi connectivity index (χ4n) is 2.95. The summed E-state index contributed by atoms with van der Waals surface area (Å²) in [6, 6.07) is 15.9. The van der Waals surface area contributed by atoms with Gasteiger partial charge in [-0.2, -0.15) is 0 Å². The predicted molar refractivity (Wildman–Crippen MR) is 108 cm³/mol. The third kappa shape index (κ3) is 5.05. The molecule has 1 aromatic heterocycles. The molecule has 0 spiro atoms. The summed E-state index contributed by atoms with van der Waals surface area (Å²) in [5.41, 5.74) is 4.02. The van der Waals surface area contributed by atoms with Crippen molar-refractivity contribution in [3.8, 4) is 5.69 Å². The van der Waals surface area contributed by atoms with E-state index in [2.05, 4.69) is 53.3 Å². The van der Waals surface area contributed by atoms with Crippen molar-refractivity contribution in [2.45, 2.75) is 26.9 Å². The monoisotopic (exact) mass is 362 g/mol. The molecule has 1 amide bonds. The topological polar surface area (TPSA) is 50.2 Å². The molecule has 0 aliphatic heterocycles. The lowest BCUT2D eigenvalue weighted by molar-refractivity contribution is 0.0951. The first kappa shape index (κ1) is 18.9. The van der Waals surface area contributed by atoms with Crippen LogP contribution in [-0.4, -0.2) is 33.4 Å². The van der Waals surface area contributed by atoms with Crippen LogP contribution in [0.25, 0.3) is 5.69 Å². The van der Waals surface area contributed by atoms with E-state index in [1.807, 2.05) is 35.0 Å². The van der Waals surface area contributed by atoms with Crippen molar-refractivity contribution < 1.29 is 4.79 Å². The number of carbonyl (C=O) groups excluding carboxylic acids is 1. The number of nitrogens with one attached hydrogen (secondary N) is 1. The van der Waals surface area contributed by atoms with Crippen LogP contribution >= 0.6 is 0 Å². The lowest BCUT2D eigenvalue weighted by Crippen LogP contribution is -2.23. The lowest BCUT2D eigenvalue weighted by atomic mass is 10.1. The average molecular weight is 362 g/mol. The standard InChI is InChI=1S/C22H26N4O/c1-3-25(4-2)16-19-7-5-18(6-8-19)15-24-22(27)20-9-11-21(12-10-20)26-14-13-23-17-26/h5-14,17H,3-4,15-16H2,1-2H3,(H,24,27). The lowest BCUT2D eigenvalue weighted by Gasteiger charge is -2.18. The predicted octanol–water partition coefficient (Wildman–Crippen LogP) is 3.64. The normalized spacial score (nSPS) is 10.9. The number of rotatable bonds is 8. The number of hydrogen-bond donors (Lipinski definition) is 1. The summed E-state index contributed by atoms with van der Waals surface area (Å²) in [5, 5.41) is 2.98. The fraction of sp³-hybridized carbons (Fsp3) is 0.273. The molecule has 1 heterocycles. The van der Waals surface area contributed by atoms with E-state index in [9.17, 15) is 4.79 Å². The molecular weight excluding hydrogens is 336 g/mol. The molecule has 1 N–H and O–H groups in total. The second-order valence-corrected chi connectivity index (χ2v) is 6.48. The summed E-state index contributed by atoms with van der Waals surface area (Å²) < 4.78 is 1.90. The van der Waals surface area contributed by atoms with Crippen LogP contribution < -0.4 is 5.32 Å². The third-order valence-electron chi connectivity index (χ3n) is 4.71. The van der Waals surface area contributed by atoms with Crippen molar-refractivity contribution in [1.82, 2.24) is 19.8 Å². The Labute approximate surface area is 160 Å². The van der Waals surface area contributed by atoms with Crippen LogP contribution in [0.15, 0.2) is 67.3 Å². The second-order valence-electron chi connectivity index (χ2n) is 6.48. The number of aromatic nitrogens is 2. The van der Waals surface area contributed by atoms with Crippen LogP contribution in [0.5, 0.6) is 0 Å². The number of benzene rings is 2. The van der Waals surface area contributed by atoms with Gasteiger partial charge in [0.05, 0.1) is 6.33 Å². The van der Waals surface area contributed by atoms with Crippen molar-refractivity contribution in [1.29, 1.82) is 0 Å². The molecule has 3 rings (SSSR count). The minimum absolute atomic E-state index is 0.0700. The number of amides is 1. The van der Waals surface area contributed by atoms with Crippen LogP contribution in [0.2, 0.25) is 0 Å². The minimum atomic E-state index is -0.0700. The molecule has 5 heteroatoms. The highest BCUT2D eigenvalue weighted by Gasteiger charge is 2.06. The fourth-order valence-corrected chi connectivity index (χ4v) is 2.95. The molecule has 0 unspecified atom stereocenters. The number of imidazole rings is 1. The van der Waals surface area contributed by atoms with Crippen molar-refractivity contribution in [2.24, 2.45) is 0 Å². The van der Waals surface area contributed by atoms with E-state index < -0.39 is 0 Å². The largest absolute Gasteiger partial charge is 0.348 e. The summed E-state index contributed by atoms with van der Waals surface area (Å²) in [4.78, 5) is 18.8. The Hall–Kier alpha value is -2.92. The van der Waals surface area contributed by atoms with Gasteiger partial charge in [0.25, 0.3) is 5.91 Å². The summed E-state index contributed by atoms with van der Waals surface area (Å²) >= 11 is 0. The Morgan fingerprint density at radius 2 is 1.67 bits per heavy atom. The van der Waals surface area contributed by atoms with Gasteiger partial charge in [-0.25, -0.2) is 4.98 Å². The molecule has 2 aromatic carbocycles. The third-order valence-corrected chi connectivity index (χ3v) is 4.71. The van der Waals surface area contributed by atoms with Gasteiger partial charge in [0.1, 0.15) is 0 Å². The van der Waals surface area contributed by atoms with Gasteiger partial charge in [-0.1, -0.05) is 38.1 Å². The molecule has 0 bridgehead atoms. The molecule has 0 saturated heterocycles. The zero-order valence-corrected chi connectivity index (χ0v) is 15.9. The highest BCUT2D eigenvalue weighted by molar-refractivity contribution is 5.94. The Balaban J connectivity index is 1.54. The van der Waals surface area contributed by atoms with Gasteiger partial charge >= 0.3 is 0 Å². The first-order valence-electron chi connectivity index (χ1n) is 9.36. The van der Waals surface area contributed by atoms with Gasteiger partial charge in [-0.3, -0.25) is 9.69 Å². The first-order valence-corrected chi connectivity index (χ1v) is 9.36. The zero-order chi connectivity index (χ0) is 19.1. The van der Waals surface area contributed by atoms with Gasteiger partial charge in [-0.15, -0.1) is 0 Å². The smallest absolute Gasteiger partial charge is 0.251 e. The highest BCUT2D eigenvalue weighted by atomic mass is 16.1. The molecular formula is C22H26N4O. The molecule has 0 radical (unpaired) electrons. The summed E-state index contributed by atoms with van der Waals surface area (Å²) in [7, 11) is 0. The van der Waals surface area contributed by atoms with Crippen molar-refractivity contribution in [3.63, 3.8) is 0 Å². The van der Waals surface area contributed by atoms with Gasteiger partial charge in [0, 0.05) is 36.7 Å². The summed E-state index contributed by atoms with van der Waals surface area (Å²) in [5.74, 6) is -0.0700. The Morgan fingerprint density at radius 1 is 1.00 bits per heavy atom. The zero-order valence-electron chi connectivity index (χ0n) is 15.9. The number of hydrogen-bond acceptors (Lipinski definition) is 3. The van der Waals surface area contributed by atoms with E-state index in [0.717, 1.165) is 30.9 Å². The molecule has 140 valence electrons. The molecule has 0 fully saturated rings. The first-order chi connectivity index (χ1) is 13.2. The van der Waals surface area contributed by atoms with Crippen molar-refractivity contribution in [3.05, 3.63) is 83.9 Å². The second kappa shape index (κ2) is 9.14. The van der Waals surface area contributed by atoms with E-state index in [0.29, 0.717) is 12.1 Å². The Bertz CT molecular complexity index is 835. The van der Waals surface area contributed by atoms with E-state index in [1.54, 1.807) is 12.5 Å². The Kier molecular flexibility index (Phi) is 6.39. The number of carbonyl (C=O) groups is 1. The highest BCUT2D eigenvalue weighted by Crippen LogP contribution is 2.11. The molecule has 0 aliphatic rings. The van der Waals surface area contributed by atoms with Crippen LogP contribution in [-0.2, 0) is 13.1 Å². The van der Waals surface area contributed by atoms with Crippen molar-refractivity contribution in [2.75, 3.05) is 13.1 Å². The molecule has 0 aliphatic carbocycles. The Morgan fingerprint density at radius 3 is 2.26 bits per heavy atom. The SMILES string of the molecule is CCN(CC)Cc1ccc(CNC(=O)c2ccc(-n3ccnc3)cc2)cc1. The van der Waals surface area contributed by atoms with Crippen LogP contribution in [0.3, 0.4) is 0 Å². The van der Waals surface area contributed by atoms with Crippen LogP contribution in [0.1, 0.15) is 35.3 Å². The van der Waals surface area contributed by atoms with Gasteiger partial charge in [0.15, 0.2) is 0 Å². The van der Waals surface area contributed by atoms with E-state index in [-0.39, 0.29) is 5.91 Å². The molecule has 0 saturated carbocycles. The quantitative estimate of drug-likeness (QED) is 0.665.